The molecule has 1 rings (SSSR count). The van der Waals surface area contributed by atoms with Crippen LogP contribution in [0, 0.1) is 6.92 Å². The Kier molecular flexibility index (Phi) is 5.36. The summed E-state index contributed by atoms with van der Waals surface area (Å²) in [4.78, 5) is 21.8. The lowest BCUT2D eigenvalue weighted by atomic mass is 9.98. The van der Waals surface area contributed by atoms with Gasteiger partial charge in [0, 0.05) is 0 Å². The molecule has 5 heteroatoms. The van der Waals surface area contributed by atoms with Crippen LogP contribution in [-0.4, -0.2) is 25.0 Å². The molecule has 19 heavy (non-hydrogen) atoms. The molecule has 2 amide bonds. The van der Waals surface area contributed by atoms with E-state index >= 15 is 0 Å². The largest absolute Gasteiger partial charge is 0.484 e. The molecule has 3 N–H and O–H groups in total. The maximum absolute atomic E-state index is 11.3. The number of hydrogen-bond donors (Lipinski definition) is 2. The molecule has 1 aromatic rings. The minimum absolute atomic E-state index is 0.131. The molecule has 104 valence electrons. The summed E-state index contributed by atoms with van der Waals surface area (Å²) < 4.78 is 5.35. The van der Waals surface area contributed by atoms with Crippen LogP contribution in [0.2, 0.25) is 0 Å². The van der Waals surface area contributed by atoms with Crippen molar-refractivity contribution >= 4 is 11.8 Å². The zero-order valence-corrected chi connectivity index (χ0v) is 11.5. The van der Waals surface area contributed by atoms with E-state index in [0.717, 1.165) is 5.56 Å². The van der Waals surface area contributed by atoms with Gasteiger partial charge in [-0.05, 0) is 36.1 Å². The van der Waals surface area contributed by atoms with Gasteiger partial charge >= 0.3 is 0 Å². The topological polar surface area (TPSA) is 81.4 Å². The molecule has 0 unspecified atom stereocenters. The molecule has 0 spiro atoms. The van der Waals surface area contributed by atoms with E-state index in [1.807, 2.05) is 25.1 Å². The summed E-state index contributed by atoms with van der Waals surface area (Å²) in [6, 6.07) is 5.73. The molecule has 1 aromatic carbocycles. The Hall–Kier alpha value is -2.04. The lowest BCUT2D eigenvalue weighted by Crippen LogP contribution is -2.36. The first-order chi connectivity index (χ1) is 8.90. The highest BCUT2D eigenvalue weighted by Crippen LogP contribution is 2.23. The molecule has 0 bridgehead atoms. The molecular formula is C14H20N2O3. The summed E-state index contributed by atoms with van der Waals surface area (Å²) in [5, 5.41) is 2.36. The first kappa shape index (κ1) is 15.0. The molecule has 0 aliphatic heterocycles. The normalized spacial score (nSPS) is 10.3. The van der Waals surface area contributed by atoms with E-state index in [9.17, 15) is 9.59 Å². The molecule has 0 aromatic heterocycles. The van der Waals surface area contributed by atoms with Gasteiger partial charge < -0.3 is 15.8 Å². The smallest absolute Gasteiger partial charge is 0.258 e. The Morgan fingerprint density at radius 2 is 2.05 bits per heavy atom. The number of carbonyl (C=O) groups is 2. The quantitative estimate of drug-likeness (QED) is 0.807. The lowest BCUT2D eigenvalue weighted by molar-refractivity contribution is -0.126. The Labute approximate surface area is 113 Å². The van der Waals surface area contributed by atoms with Crippen LogP contribution in [0.5, 0.6) is 5.75 Å². The molecule has 0 heterocycles. The fourth-order valence-electron chi connectivity index (χ4n) is 1.77. The second kappa shape index (κ2) is 6.78. The summed E-state index contributed by atoms with van der Waals surface area (Å²) in [5.41, 5.74) is 7.30. The fraction of sp³-hybridized carbons (Fsp3) is 0.429. The number of carbonyl (C=O) groups excluding carboxylic acids is 2. The number of amides is 2. The lowest BCUT2D eigenvalue weighted by Gasteiger charge is -2.12. The summed E-state index contributed by atoms with van der Waals surface area (Å²) in [6.07, 6.45) is 0. The average molecular weight is 264 g/mol. The molecule has 0 radical (unpaired) electrons. The second-order valence-corrected chi connectivity index (χ2v) is 4.70. The minimum atomic E-state index is -0.578. The van der Waals surface area contributed by atoms with Crippen molar-refractivity contribution in [3.8, 4) is 5.75 Å². The zero-order chi connectivity index (χ0) is 14.4. The van der Waals surface area contributed by atoms with Gasteiger partial charge in [-0.25, -0.2) is 0 Å². The first-order valence-corrected chi connectivity index (χ1v) is 6.18. The molecule has 0 saturated heterocycles. The van der Waals surface area contributed by atoms with Crippen LogP contribution in [0.1, 0.15) is 30.9 Å². The Bertz CT molecular complexity index is 470. The SMILES string of the molecule is Cc1cc(OCC(=O)NCC(N)=O)ccc1C(C)C. The Morgan fingerprint density at radius 3 is 2.58 bits per heavy atom. The third-order valence-corrected chi connectivity index (χ3v) is 2.69. The highest BCUT2D eigenvalue weighted by atomic mass is 16.5. The van der Waals surface area contributed by atoms with Gasteiger partial charge in [0.15, 0.2) is 6.61 Å². The van der Waals surface area contributed by atoms with Crippen LogP contribution in [0.3, 0.4) is 0 Å². The van der Waals surface area contributed by atoms with Gasteiger partial charge in [0.1, 0.15) is 5.75 Å². The van der Waals surface area contributed by atoms with Crippen LogP contribution in [0.15, 0.2) is 18.2 Å². The maximum atomic E-state index is 11.3. The van der Waals surface area contributed by atoms with E-state index in [0.29, 0.717) is 11.7 Å². The van der Waals surface area contributed by atoms with E-state index in [4.69, 9.17) is 10.5 Å². The van der Waals surface area contributed by atoms with Crippen molar-refractivity contribution in [1.82, 2.24) is 5.32 Å². The van der Waals surface area contributed by atoms with Gasteiger partial charge in [-0.15, -0.1) is 0 Å². The molecule has 5 nitrogen and oxygen atoms in total. The number of primary amides is 1. The van der Waals surface area contributed by atoms with Crippen molar-refractivity contribution in [2.75, 3.05) is 13.2 Å². The highest BCUT2D eigenvalue weighted by Gasteiger charge is 2.07. The predicted molar refractivity (Wildman–Crippen MR) is 73.0 cm³/mol. The van der Waals surface area contributed by atoms with Gasteiger partial charge in [0.2, 0.25) is 5.91 Å². The third-order valence-electron chi connectivity index (χ3n) is 2.69. The monoisotopic (exact) mass is 264 g/mol. The summed E-state index contributed by atoms with van der Waals surface area (Å²) in [7, 11) is 0. The number of nitrogens with two attached hydrogens (primary N) is 1. The summed E-state index contributed by atoms with van der Waals surface area (Å²) in [6.45, 7) is 5.96. The van der Waals surface area contributed by atoms with Crippen LogP contribution < -0.4 is 15.8 Å². The van der Waals surface area contributed by atoms with Crippen LogP contribution in [-0.2, 0) is 9.59 Å². The molecule has 0 fully saturated rings. The Balaban J connectivity index is 2.52. The zero-order valence-electron chi connectivity index (χ0n) is 11.5. The van der Waals surface area contributed by atoms with Crippen molar-refractivity contribution < 1.29 is 14.3 Å². The highest BCUT2D eigenvalue weighted by molar-refractivity contribution is 5.84. The number of rotatable bonds is 6. The van der Waals surface area contributed by atoms with Gasteiger partial charge in [-0.3, -0.25) is 9.59 Å². The van der Waals surface area contributed by atoms with E-state index in [-0.39, 0.29) is 19.1 Å². The molecule has 0 aliphatic rings. The fourth-order valence-corrected chi connectivity index (χ4v) is 1.77. The van der Waals surface area contributed by atoms with Crippen LogP contribution in [0.25, 0.3) is 0 Å². The maximum Gasteiger partial charge on any atom is 0.258 e. The third kappa shape index (κ3) is 4.99. The summed E-state index contributed by atoms with van der Waals surface area (Å²) >= 11 is 0. The Morgan fingerprint density at radius 1 is 1.37 bits per heavy atom. The predicted octanol–water partition coefficient (Wildman–Crippen LogP) is 1.10. The van der Waals surface area contributed by atoms with Crippen LogP contribution >= 0.6 is 0 Å². The first-order valence-electron chi connectivity index (χ1n) is 6.18. The van der Waals surface area contributed by atoms with E-state index < -0.39 is 5.91 Å². The molecular weight excluding hydrogens is 244 g/mol. The molecule has 0 atom stereocenters. The average Bonchev–Trinajstić information content (AvgIpc) is 2.33. The summed E-state index contributed by atoms with van der Waals surface area (Å²) in [5.74, 6) is 0.138. The van der Waals surface area contributed by atoms with Crippen molar-refractivity contribution in [2.45, 2.75) is 26.7 Å². The van der Waals surface area contributed by atoms with Gasteiger partial charge in [-0.1, -0.05) is 19.9 Å². The van der Waals surface area contributed by atoms with Gasteiger partial charge in [-0.2, -0.15) is 0 Å². The second-order valence-electron chi connectivity index (χ2n) is 4.70. The number of nitrogens with one attached hydrogen (secondary N) is 1. The number of benzene rings is 1. The minimum Gasteiger partial charge on any atom is -0.484 e. The van der Waals surface area contributed by atoms with Gasteiger partial charge in [0.05, 0.1) is 6.54 Å². The van der Waals surface area contributed by atoms with Crippen molar-refractivity contribution in [3.63, 3.8) is 0 Å². The number of ether oxygens (including phenoxy) is 1. The molecule has 0 aliphatic carbocycles. The van der Waals surface area contributed by atoms with Crippen LogP contribution in [0.4, 0.5) is 0 Å². The number of aryl methyl sites for hydroxylation is 1. The standard InChI is InChI=1S/C14H20N2O3/c1-9(2)12-5-4-11(6-10(12)3)19-8-14(18)16-7-13(15)17/h4-6,9H,7-8H2,1-3H3,(H2,15,17)(H,16,18). The van der Waals surface area contributed by atoms with E-state index in [2.05, 4.69) is 19.2 Å². The molecule has 0 saturated carbocycles. The van der Waals surface area contributed by atoms with Crippen molar-refractivity contribution in [1.29, 1.82) is 0 Å². The van der Waals surface area contributed by atoms with Crippen molar-refractivity contribution in [3.05, 3.63) is 29.3 Å². The van der Waals surface area contributed by atoms with Crippen molar-refractivity contribution in [2.24, 2.45) is 5.73 Å². The number of hydrogen-bond acceptors (Lipinski definition) is 3. The van der Waals surface area contributed by atoms with E-state index in [1.54, 1.807) is 0 Å². The van der Waals surface area contributed by atoms with E-state index in [1.165, 1.54) is 5.56 Å². The van der Waals surface area contributed by atoms with Gasteiger partial charge in [0.25, 0.3) is 5.91 Å².